The minimum absolute atomic E-state index is 1.00. The third-order valence-electron chi connectivity index (χ3n) is 2.78. The number of fused-ring (bicyclic) bond motifs is 5. The lowest BCUT2D eigenvalue weighted by atomic mass is 10.2. The molecule has 0 saturated carbocycles. The number of para-hydroxylation sites is 1. The van der Waals surface area contributed by atoms with Crippen LogP contribution in [-0.2, 0) is 0 Å². The Labute approximate surface area is 95.0 Å². The Balaban J connectivity index is 2.36. The lowest BCUT2D eigenvalue weighted by Crippen LogP contribution is -1.81. The molecule has 0 amide bonds. The van der Waals surface area contributed by atoms with Crippen molar-refractivity contribution in [2.75, 3.05) is 0 Å². The molecule has 0 N–H and O–H groups in total. The predicted molar refractivity (Wildman–Crippen MR) is 65.9 cm³/mol. The van der Waals surface area contributed by atoms with E-state index >= 15 is 0 Å². The zero-order valence-corrected chi connectivity index (χ0v) is 9.11. The van der Waals surface area contributed by atoms with E-state index < -0.39 is 0 Å². The number of thiazole rings is 1. The van der Waals surface area contributed by atoms with Gasteiger partial charge in [-0.15, -0.1) is 11.3 Å². The van der Waals surface area contributed by atoms with Gasteiger partial charge in [-0.2, -0.15) is 0 Å². The van der Waals surface area contributed by atoms with E-state index in [1.807, 2.05) is 36.0 Å². The molecule has 4 rings (SSSR count). The van der Waals surface area contributed by atoms with Gasteiger partial charge in [0.15, 0.2) is 4.96 Å². The average Bonchev–Trinajstić information content (AvgIpc) is 2.88. The molecule has 0 atom stereocenters. The van der Waals surface area contributed by atoms with Gasteiger partial charge in [0.1, 0.15) is 5.52 Å². The number of hydrogen-bond donors (Lipinski definition) is 0. The summed E-state index contributed by atoms with van der Waals surface area (Å²) in [5.41, 5.74) is 3.12. The summed E-state index contributed by atoms with van der Waals surface area (Å²) in [5, 5.41) is 3.16. The van der Waals surface area contributed by atoms with Gasteiger partial charge in [0.2, 0.25) is 0 Å². The molecular weight excluding hydrogens is 218 g/mol. The van der Waals surface area contributed by atoms with Crippen LogP contribution >= 0.6 is 11.3 Å². The molecule has 0 spiro atoms. The zero-order chi connectivity index (χ0) is 10.5. The monoisotopic (exact) mass is 225 g/mol. The molecule has 1 aromatic carbocycles. The highest BCUT2D eigenvalue weighted by atomic mass is 32.1. The van der Waals surface area contributed by atoms with Gasteiger partial charge in [0.25, 0.3) is 0 Å². The Morgan fingerprint density at radius 3 is 3.12 bits per heavy atom. The summed E-state index contributed by atoms with van der Waals surface area (Å²) in [6.07, 6.45) is 3.93. The Kier molecular flexibility index (Phi) is 1.44. The highest BCUT2D eigenvalue weighted by Crippen LogP contribution is 2.25. The normalized spacial score (nSPS) is 11.8. The van der Waals surface area contributed by atoms with Crippen LogP contribution in [0, 0.1) is 0 Å². The molecule has 0 aliphatic heterocycles. The van der Waals surface area contributed by atoms with Gasteiger partial charge >= 0.3 is 0 Å². The predicted octanol–water partition coefficient (Wildman–Crippen LogP) is 3.10. The van der Waals surface area contributed by atoms with E-state index in [4.69, 9.17) is 0 Å². The summed E-state index contributed by atoms with van der Waals surface area (Å²) in [7, 11) is 0. The number of imidazole rings is 1. The van der Waals surface area contributed by atoms with Crippen molar-refractivity contribution in [3.8, 4) is 0 Å². The van der Waals surface area contributed by atoms with Crippen molar-refractivity contribution in [2.45, 2.75) is 0 Å². The van der Waals surface area contributed by atoms with Crippen LogP contribution < -0.4 is 0 Å². The topological polar surface area (TPSA) is 30.2 Å². The molecule has 4 heteroatoms. The van der Waals surface area contributed by atoms with Crippen molar-refractivity contribution >= 4 is 38.2 Å². The van der Waals surface area contributed by atoms with E-state index in [2.05, 4.69) is 20.4 Å². The van der Waals surface area contributed by atoms with Crippen molar-refractivity contribution in [2.24, 2.45) is 0 Å². The average molecular weight is 225 g/mol. The number of aromatic nitrogens is 3. The second-order valence-corrected chi connectivity index (χ2v) is 4.55. The molecular formula is C12H7N3S. The SMILES string of the molecule is c1ccc2c(c1)ncc1c2nc2sccn21. The lowest BCUT2D eigenvalue weighted by Gasteiger charge is -1.96. The molecule has 0 saturated heterocycles. The zero-order valence-electron chi connectivity index (χ0n) is 8.29. The highest BCUT2D eigenvalue weighted by molar-refractivity contribution is 7.15. The first-order valence-corrected chi connectivity index (χ1v) is 5.90. The second-order valence-electron chi connectivity index (χ2n) is 3.68. The van der Waals surface area contributed by atoms with Gasteiger partial charge in [-0.3, -0.25) is 9.38 Å². The molecule has 0 fully saturated rings. The van der Waals surface area contributed by atoms with Gasteiger partial charge in [0.05, 0.1) is 17.2 Å². The Hall–Kier alpha value is -1.94. The van der Waals surface area contributed by atoms with E-state index in [0.717, 1.165) is 26.9 Å². The van der Waals surface area contributed by atoms with Crippen molar-refractivity contribution < 1.29 is 0 Å². The van der Waals surface area contributed by atoms with Crippen LogP contribution in [0.4, 0.5) is 0 Å². The van der Waals surface area contributed by atoms with E-state index in [0.29, 0.717) is 0 Å². The lowest BCUT2D eigenvalue weighted by molar-refractivity contribution is 1.27. The summed E-state index contributed by atoms with van der Waals surface area (Å²) < 4.78 is 2.08. The van der Waals surface area contributed by atoms with Gasteiger partial charge in [-0.25, -0.2) is 4.98 Å². The van der Waals surface area contributed by atoms with E-state index in [1.54, 1.807) is 11.3 Å². The molecule has 3 nitrogen and oxygen atoms in total. The maximum absolute atomic E-state index is 4.64. The molecule has 16 heavy (non-hydrogen) atoms. The fourth-order valence-corrected chi connectivity index (χ4v) is 2.76. The first-order valence-electron chi connectivity index (χ1n) is 5.02. The van der Waals surface area contributed by atoms with Crippen LogP contribution in [-0.4, -0.2) is 14.4 Å². The minimum atomic E-state index is 1.00. The standard InChI is InChI=1S/C12H7N3S/c1-2-4-9-8(3-1)11-10(7-13-9)15-5-6-16-12(15)14-11/h1-7H. The Morgan fingerprint density at radius 1 is 1.19 bits per heavy atom. The van der Waals surface area contributed by atoms with Crippen LogP contribution in [0.5, 0.6) is 0 Å². The van der Waals surface area contributed by atoms with E-state index in [-0.39, 0.29) is 0 Å². The molecule has 0 radical (unpaired) electrons. The van der Waals surface area contributed by atoms with E-state index in [1.165, 1.54) is 0 Å². The van der Waals surface area contributed by atoms with Crippen molar-refractivity contribution in [1.82, 2.24) is 14.4 Å². The largest absolute Gasteiger partial charge is 0.289 e. The third-order valence-corrected chi connectivity index (χ3v) is 3.54. The number of hydrogen-bond acceptors (Lipinski definition) is 3. The maximum atomic E-state index is 4.64. The summed E-state index contributed by atoms with van der Waals surface area (Å²) >= 11 is 1.65. The smallest absolute Gasteiger partial charge is 0.194 e. The van der Waals surface area contributed by atoms with Crippen LogP contribution in [0.2, 0.25) is 0 Å². The molecule has 0 aliphatic rings. The summed E-state index contributed by atoms with van der Waals surface area (Å²) in [6, 6.07) is 8.11. The summed E-state index contributed by atoms with van der Waals surface area (Å²) in [4.78, 5) is 10.1. The highest BCUT2D eigenvalue weighted by Gasteiger charge is 2.08. The number of nitrogens with zero attached hydrogens (tertiary/aromatic N) is 3. The van der Waals surface area contributed by atoms with Crippen LogP contribution in [0.1, 0.15) is 0 Å². The Bertz CT molecular complexity index is 807. The summed E-state index contributed by atoms with van der Waals surface area (Å²) in [5.74, 6) is 0. The number of pyridine rings is 1. The van der Waals surface area contributed by atoms with Gasteiger partial charge in [-0.1, -0.05) is 18.2 Å². The van der Waals surface area contributed by atoms with Crippen molar-refractivity contribution in [3.63, 3.8) is 0 Å². The second kappa shape index (κ2) is 2.80. The first kappa shape index (κ1) is 8.24. The van der Waals surface area contributed by atoms with Gasteiger partial charge in [-0.05, 0) is 6.07 Å². The molecule has 3 heterocycles. The molecule has 0 aliphatic carbocycles. The van der Waals surface area contributed by atoms with Crippen LogP contribution in [0.3, 0.4) is 0 Å². The third kappa shape index (κ3) is 0.919. The fraction of sp³-hybridized carbons (Fsp3) is 0. The van der Waals surface area contributed by atoms with E-state index in [9.17, 15) is 0 Å². The minimum Gasteiger partial charge on any atom is -0.289 e. The van der Waals surface area contributed by atoms with Crippen LogP contribution in [0.25, 0.3) is 26.9 Å². The molecule has 0 unspecified atom stereocenters. The molecule has 76 valence electrons. The first-order chi connectivity index (χ1) is 7.93. The quantitative estimate of drug-likeness (QED) is 0.460. The van der Waals surface area contributed by atoms with Crippen molar-refractivity contribution in [1.29, 1.82) is 0 Å². The van der Waals surface area contributed by atoms with Gasteiger partial charge in [0, 0.05) is 17.0 Å². The molecule has 0 bridgehead atoms. The maximum Gasteiger partial charge on any atom is 0.194 e. The van der Waals surface area contributed by atoms with Crippen molar-refractivity contribution in [3.05, 3.63) is 42.0 Å². The fourth-order valence-electron chi connectivity index (χ4n) is 2.04. The van der Waals surface area contributed by atoms with Crippen LogP contribution in [0.15, 0.2) is 42.0 Å². The summed E-state index contributed by atoms with van der Waals surface area (Å²) in [6.45, 7) is 0. The number of benzene rings is 1. The van der Waals surface area contributed by atoms with Gasteiger partial charge < -0.3 is 0 Å². The number of rotatable bonds is 0. The Morgan fingerprint density at radius 2 is 2.12 bits per heavy atom. The molecule has 3 aromatic heterocycles. The molecule has 4 aromatic rings.